The quantitative estimate of drug-likeness (QED) is 0.456. The average molecular weight is 411 g/mol. The molecule has 0 bridgehead atoms. The summed E-state index contributed by atoms with van der Waals surface area (Å²) in [5.74, 6) is -0.331. The van der Waals surface area contributed by atoms with Crippen molar-refractivity contribution in [2.45, 2.75) is 39.8 Å². The zero-order valence-electron chi connectivity index (χ0n) is 17.1. The highest BCUT2D eigenvalue weighted by atomic mass is 19.1. The van der Waals surface area contributed by atoms with Crippen molar-refractivity contribution < 1.29 is 9.18 Å². The molecule has 0 fully saturated rings. The minimum Gasteiger partial charge on any atom is -0.314 e. The third kappa shape index (κ3) is 3.06. The monoisotopic (exact) mass is 411 g/mol. The lowest BCUT2D eigenvalue weighted by Gasteiger charge is -2.07. The van der Waals surface area contributed by atoms with Gasteiger partial charge in [-0.2, -0.15) is 4.98 Å². The molecule has 3 aromatic heterocycles. The summed E-state index contributed by atoms with van der Waals surface area (Å²) in [6, 6.07) is 5.00. The van der Waals surface area contributed by atoms with E-state index >= 15 is 0 Å². The van der Waals surface area contributed by atoms with Gasteiger partial charge in [0.2, 0.25) is 5.78 Å². The van der Waals surface area contributed by atoms with Gasteiger partial charge in [-0.25, -0.2) is 9.18 Å². The van der Waals surface area contributed by atoms with Crippen molar-refractivity contribution in [3.05, 3.63) is 68.4 Å². The molecule has 0 unspecified atom stereocenters. The van der Waals surface area contributed by atoms with E-state index in [4.69, 9.17) is 0 Å². The first kappa shape index (κ1) is 19.8. The maximum atomic E-state index is 13.2. The van der Waals surface area contributed by atoms with Crippen LogP contribution in [0, 0.1) is 12.7 Å². The lowest BCUT2D eigenvalue weighted by Crippen LogP contribution is -2.41. The minimum atomic E-state index is -0.624. The zero-order valence-corrected chi connectivity index (χ0v) is 17.1. The van der Waals surface area contributed by atoms with Crippen LogP contribution in [0.5, 0.6) is 0 Å². The van der Waals surface area contributed by atoms with E-state index in [-0.39, 0.29) is 16.7 Å². The maximum absolute atomic E-state index is 13.2. The van der Waals surface area contributed by atoms with E-state index in [1.807, 2.05) is 17.7 Å². The molecule has 4 aromatic rings. The van der Waals surface area contributed by atoms with Crippen LogP contribution in [0.25, 0.3) is 16.9 Å². The highest BCUT2D eigenvalue weighted by molar-refractivity contribution is 5.96. The number of unbranched alkanes of at least 4 members (excludes halogenated alkanes) is 1. The molecule has 0 saturated carbocycles. The van der Waals surface area contributed by atoms with Crippen LogP contribution in [0.2, 0.25) is 0 Å². The number of aryl methyl sites for hydroxylation is 3. The molecule has 3 heterocycles. The predicted octanol–water partition coefficient (Wildman–Crippen LogP) is 2.28. The molecule has 0 aliphatic rings. The van der Waals surface area contributed by atoms with Gasteiger partial charge in [-0.1, -0.05) is 13.3 Å². The number of hydrogen-bond donors (Lipinski definition) is 0. The first-order valence-electron chi connectivity index (χ1n) is 9.80. The van der Waals surface area contributed by atoms with Gasteiger partial charge < -0.3 is 4.57 Å². The number of carbonyl (C=O) groups excluding carboxylic acids is 1. The van der Waals surface area contributed by atoms with Crippen molar-refractivity contribution in [3.8, 4) is 0 Å². The molecule has 9 heteroatoms. The number of rotatable bonds is 6. The van der Waals surface area contributed by atoms with Crippen LogP contribution in [0.1, 0.15) is 35.8 Å². The molecule has 0 saturated heterocycles. The number of carbonyl (C=O) groups is 1. The van der Waals surface area contributed by atoms with Crippen LogP contribution in [0.3, 0.4) is 0 Å². The molecule has 30 heavy (non-hydrogen) atoms. The molecule has 0 aliphatic heterocycles. The first-order chi connectivity index (χ1) is 14.3. The van der Waals surface area contributed by atoms with Crippen molar-refractivity contribution in [2.75, 3.05) is 0 Å². The van der Waals surface area contributed by atoms with Gasteiger partial charge in [0.15, 0.2) is 16.9 Å². The van der Waals surface area contributed by atoms with Gasteiger partial charge in [0, 0.05) is 31.0 Å². The Morgan fingerprint density at radius 2 is 1.83 bits per heavy atom. The molecule has 0 amide bonds. The first-order valence-corrected chi connectivity index (χ1v) is 9.80. The number of Topliss-reactive ketones (excluding diaryl/α,β-unsaturated/α-hetero) is 1. The van der Waals surface area contributed by atoms with Crippen LogP contribution in [-0.2, 0) is 20.1 Å². The van der Waals surface area contributed by atoms with E-state index in [2.05, 4.69) is 11.9 Å². The lowest BCUT2D eigenvalue weighted by atomic mass is 10.1. The Balaban J connectivity index is 1.88. The Hall–Kier alpha value is -3.49. The van der Waals surface area contributed by atoms with Crippen molar-refractivity contribution in [2.24, 2.45) is 7.05 Å². The molecule has 156 valence electrons. The Morgan fingerprint density at radius 1 is 1.13 bits per heavy atom. The van der Waals surface area contributed by atoms with Crippen LogP contribution < -0.4 is 11.2 Å². The number of hydrogen-bond acceptors (Lipinski definition) is 4. The van der Waals surface area contributed by atoms with E-state index in [0.717, 1.165) is 29.6 Å². The lowest BCUT2D eigenvalue weighted by molar-refractivity contribution is 0.0969. The van der Waals surface area contributed by atoms with E-state index in [1.54, 1.807) is 4.40 Å². The van der Waals surface area contributed by atoms with Gasteiger partial charge in [-0.3, -0.25) is 23.1 Å². The van der Waals surface area contributed by atoms with Crippen LogP contribution in [0.4, 0.5) is 4.39 Å². The fourth-order valence-corrected chi connectivity index (χ4v) is 3.66. The second kappa shape index (κ2) is 7.40. The topological polar surface area (TPSA) is 83.3 Å². The van der Waals surface area contributed by atoms with E-state index in [1.165, 1.54) is 35.9 Å². The number of ketones is 1. The summed E-state index contributed by atoms with van der Waals surface area (Å²) in [5.41, 5.74) is 0.498. The summed E-state index contributed by atoms with van der Waals surface area (Å²) < 4.78 is 19.0. The van der Waals surface area contributed by atoms with Gasteiger partial charge in [-0.05, 0) is 37.6 Å². The molecule has 1 aromatic carbocycles. The highest BCUT2D eigenvalue weighted by Gasteiger charge is 2.21. The smallest absolute Gasteiger partial charge is 0.314 e. The third-order valence-corrected chi connectivity index (χ3v) is 5.34. The van der Waals surface area contributed by atoms with Crippen molar-refractivity contribution in [1.29, 1.82) is 0 Å². The normalized spacial score (nSPS) is 11.6. The van der Waals surface area contributed by atoms with E-state index in [0.29, 0.717) is 5.78 Å². The number of fused-ring (bicyclic) bond motifs is 3. The summed E-state index contributed by atoms with van der Waals surface area (Å²) in [6.07, 6.45) is 3.79. The Labute approximate surface area is 170 Å². The Kier molecular flexibility index (Phi) is 4.89. The van der Waals surface area contributed by atoms with Gasteiger partial charge in [0.25, 0.3) is 5.56 Å². The van der Waals surface area contributed by atoms with Crippen molar-refractivity contribution in [1.82, 2.24) is 23.1 Å². The molecular weight excluding hydrogens is 389 g/mol. The number of nitrogens with zero attached hydrogens (tertiary/aromatic N) is 5. The van der Waals surface area contributed by atoms with Gasteiger partial charge >= 0.3 is 5.69 Å². The van der Waals surface area contributed by atoms with Crippen LogP contribution in [-0.4, -0.2) is 28.9 Å². The summed E-state index contributed by atoms with van der Waals surface area (Å²) in [5, 5.41) is 0. The summed E-state index contributed by atoms with van der Waals surface area (Å²) >= 11 is 0. The molecule has 0 radical (unpaired) electrons. The van der Waals surface area contributed by atoms with Crippen LogP contribution in [0.15, 0.2) is 40.1 Å². The molecule has 0 spiro atoms. The third-order valence-electron chi connectivity index (χ3n) is 5.34. The largest absolute Gasteiger partial charge is 0.332 e. The number of aromatic nitrogens is 5. The molecule has 8 nitrogen and oxygen atoms in total. The number of benzene rings is 1. The fourth-order valence-electron chi connectivity index (χ4n) is 3.66. The minimum absolute atomic E-state index is 0.227. The second-order valence-corrected chi connectivity index (χ2v) is 7.39. The standard InChI is InChI=1S/C21H22FN5O3/c1-4-5-10-25-13(2)11-26-17-18(23-20(25)26)24(3)21(30)27(19(17)29)12-16(28)14-6-8-15(22)9-7-14/h6-9,11H,4-5,10,12H2,1-3H3. The van der Waals surface area contributed by atoms with Gasteiger partial charge in [-0.15, -0.1) is 0 Å². The Morgan fingerprint density at radius 3 is 2.50 bits per heavy atom. The van der Waals surface area contributed by atoms with Gasteiger partial charge in [0.05, 0.1) is 6.54 Å². The zero-order chi connectivity index (χ0) is 21.6. The van der Waals surface area contributed by atoms with E-state index in [9.17, 15) is 18.8 Å². The van der Waals surface area contributed by atoms with E-state index < -0.39 is 29.4 Å². The summed E-state index contributed by atoms with van der Waals surface area (Å²) in [6.45, 7) is 4.36. The summed E-state index contributed by atoms with van der Waals surface area (Å²) in [7, 11) is 1.53. The molecular formula is C21H22FN5O3. The SMILES string of the molecule is CCCCn1c(C)cn2c3c(=O)n(CC(=O)c4ccc(F)cc4)c(=O)n(C)c3nc12. The highest BCUT2D eigenvalue weighted by Crippen LogP contribution is 2.17. The number of halogens is 1. The second-order valence-electron chi connectivity index (χ2n) is 7.39. The summed E-state index contributed by atoms with van der Waals surface area (Å²) in [4.78, 5) is 43.1. The maximum Gasteiger partial charge on any atom is 0.332 e. The molecule has 0 atom stereocenters. The Bertz CT molecular complexity index is 1390. The molecule has 4 rings (SSSR count). The fraction of sp³-hybridized carbons (Fsp3) is 0.333. The molecule has 0 aliphatic carbocycles. The molecule has 0 N–H and O–H groups in total. The van der Waals surface area contributed by atoms with Gasteiger partial charge in [0.1, 0.15) is 5.82 Å². The van der Waals surface area contributed by atoms with Crippen molar-refractivity contribution >= 4 is 22.7 Å². The van der Waals surface area contributed by atoms with Crippen LogP contribution >= 0.6 is 0 Å². The number of imidazole rings is 2. The van der Waals surface area contributed by atoms with Crippen molar-refractivity contribution in [3.63, 3.8) is 0 Å². The average Bonchev–Trinajstić information content (AvgIpc) is 3.23. The predicted molar refractivity (Wildman–Crippen MR) is 111 cm³/mol.